The van der Waals surface area contributed by atoms with Crippen molar-refractivity contribution in [1.82, 2.24) is 14.7 Å². The quantitative estimate of drug-likeness (QED) is 0.821. The number of carbonyl (C=O) groups is 2. The second-order valence-electron chi connectivity index (χ2n) is 5.87. The highest BCUT2D eigenvalue weighted by atomic mass is 19.1. The highest BCUT2D eigenvalue weighted by Crippen LogP contribution is 2.15. The third-order valence-electron chi connectivity index (χ3n) is 3.93. The Bertz CT molecular complexity index is 562. The van der Waals surface area contributed by atoms with Crippen molar-refractivity contribution in [2.45, 2.75) is 12.5 Å². The van der Waals surface area contributed by atoms with Crippen molar-refractivity contribution in [3.8, 4) is 0 Å². The third kappa shape index (κ3) is 3.62. The van der Waals surface area contributed by atoms with Gasteiger partial charge in [0.15, 0.2) is 0 Å². The Morgan fingerprint density at radius 2 is 1.95 bits per heavy atom. The standard InChI is InChI=1S/C16H22FN3O2/c1-18(2)16(22)14-11-19(3)8-9-20(14)15(21)10-12-6-4-5-7-13(12)17/h4-7,14H,8-11H2,1-3H3/t14-/m0/s1. The molecule has 1 fully saturated rings. The van der Waals surface area contributed by atoms with E-state index in [4.69, 9.17) is 0 Å². The van der Waals surface area contributed by atoms with Gasteiger partial charge in [-0.3, -0.25) is 9.59 Å². The van der Waals surface area contributed by atoms with E-state index in [9.17, 15) is 14.0 Å². The van der Waals surface area contributed by atoms with E-state index in [-0.39, 0.29) is 24.1 Å². The normalized spacial score (nSPS) is 19.1. The molecule has 2 rings (SSSR count). The molecule has 1 heterocycles. The minimum Gasteiger partial charge on any atom is -0.347 e. The van der Waals surface area contributed by atoms with Crippen molar-refractivity contribution < 1.29 is 14.0 Å². The summed E-state index contributed by atoms with van der Waals surface area (Å²) in [4.78, 5) is 29.9. The predicted molar refractivity (Wildman–Crippen MR) is 81.8 cm³/mol. The second-order valence-corrected chi connectivity index (χ2v) is 5.87. The fourth-order valence-electron chi connectivity index (χ4n) is 2.63. The van der Waals surface area contributed by atoms with Gasteiger partial charge in [-0.05, 0) is 18.7 Å². The van der Waals surface area contributed by atoms with Crippen LogP contribution in [0.15, 0.2) is 24.3 Å². The van der Waals surface area contributed by atoms with Gasteiger partial charge in [0.2, 0.25) is 11.8 Å². The van der Waals surface area contributed by atoms with Crippen molar-refractivity contribution in [3.63, 3.8) is 0 Å². The zero-order chi connectivity index (χ0) is 16.3. The Labute approximate surface area is 130 Å². The van der Waals surface area contributed by atoms with Gasteiger partial charge in [-0.2, -0.15) is 0 Å². The largest absolute Gasteiger partial charge is 0.347 e. The Morgan fingerprint density at radius 1 is 1.27 bits per heavy atom. The van der Waals surface area contributed by atoms with Crippen LogP contribution in [0.25, 0.3) is 0 Å². The topological polar surface area (TPSA) is 43.9 Å². The van der Waals surface area contributed by atoms with Gasteiger partial charge in [-0.15, -0.1) is 0 Å². The summed E-state index contributed by atoms with van der Waals surface area (Å²) in [5, 5.41) is 0. The van der Waals surface area contributed by atoms with E-state index in [1.54, 1.807) is 37.2 Å². The molecule has 1 aliphatic rings. The van der Waals surface area contributed by atoms with Crippen LogP contribution in [0.3, 0.4) is 0 Å². The number of benzene rings is 1. The fraction of sp³-hybridized carbons (Fsp3) is 0.500. The summed E-state index contributed by atoms with van der Waals surface area (Å²) in [7, 11) is 5.28. The average Bonchev–Trinajstić information content (AvgIpc) is 2.48. The van der Waals surface area contributed by atoms with Gasteiger partial charge in [0.1, 0.15) is 11.9 Å². The van der Waals surface area contributed by atoms with Crippen LogP contribution in [-0.4, -0.2) is 73.3 Å². The first-order valence-corrected chi connectivity index (χ1v) is 7.32. The maximum absolute atomic E-state index is 13.7. The van der Waals surface area contributed by atoms with Crippen LogP contribution >= 0.6 is 0 Å². The summed E-state index contributed by atoms with van der Waals surface area (Å²) in [6, 6.07) is 5.74. The molecule has 1 atom stereocenters. The number of carbonyl (C=O) groups excluding carboxylic acids is 2. The number of piperazine rings is 1. The maximum Gasteiger partial charge on any atom is 0.246 e. The molecule has 1 aromatic rings. The van der Waals surface area contributed by atoms with Crippen LogP contribution in [0.1, 0.15) is 5.56 Å². The average molecular weight is 307 g/mol. The summed E-state index contributed by atoms with van der Waals surface area (Å²) in [5.41, 5.74) is 0.363. The lowest BCUT2D eigenvalue weighted by molar-refractivity contribution is -0.147. The molecule has 5 nitrogen and oxygen atoms in total. The van der Waals surface area contributed by atoms with Gasteiger partial charge in [0.05, 0.1) is 6.42 Å². The number of amides is 2. The molecule has 0 aromatic heterocycles. The maximum atomic E-state index is 13.7. The molecule has 0 radical (unpaired) electrons. The monoisotopic (exact) mass is 307 g/mol. The molecule has 2 amide bonds. The van der Waals surface area contributed by atoms with Crippen LogP contribution in [0.4, 0.5) is 4.39 Å². The summed E-state index contributed by atoms with van der Waals surface area (Å²) in [6.07, 6.45) is -0.0202. The number of rotatable bonds is 3. The highest BCUT2D eigenvalue weighted by molar-refractivity contribution is 5.88. The lowest BCUT2D eigenvalue weighted by Crippen LogP contribution is -2.59. The van der Waals surface area contributed by atoms with Crippen molar-refractivity contribution in [3.05, 3.63) is 35.6 Å². The van der Waals surface area contributed by atoms with E-state index in [1.807, 2.05) is 11.9 Å². The minimum absolute atomic E-state index is 0.0202. The zero-order valence-electron chi connectivity index (χ0n) is 13.3. The summed E-state index contributed by atoms with van der Waals surface area (Å²) < 4.78 is 13.7. The van der Waals surface area contributed by atoms with Gasteiger partial charge in [-0.25, -0.2) is 4.39 Å². The van der Waals surface area contributed by atoms with E-state index in [1.165, 1.54) is 11.0 Å². The third-order valence-corrected chi connectivity index (χ3v) is 3.93. The van der Waals surface area contributed by atoms with E-state index < -0.39 is 6.04 Å². The molecular weight excluding hydrogens is 285 g/mol. The van der Waals surface area contributed by atoms with Gasteiger partial charge in [0.25, 0.3) is 0 Å². The molecule has 6 heteroatoms. The van der Waals surface area contributed by atoms with Crippen LogP contribution in [0, 0.1) is 5.82 Å². The molecule has 0 spiro atoms. The molecule has 0 unspecified atom stereocenters. The smallest absolute Gasteiger partial charge is 0.246 e. The molecule has 1 aliphatic heterocycles. The first kappa shape index (κ1) is 16.4. The summed E-state index contributed by atoms with van der Waals surface area (Å²) in [5.74, 6) is -0.702. The van der Waals surface area contributed by atoms with E-state index in [2.05, 4.69) is 0 Å². The van der Waals surface area contributed by atoms with Crippen molar-refractivity contribution in [2.24, 2.45) is 0 Å². The van der Waals surface area contributed by atoms with Gasteiger partial charge < -0.3 is 14.7 Å². The minimum atomic E-state index is -0.506. The lowest BCUT2D eigenvalue weighted by Gasteiger charge is -2.40. The summed E-state index contributed by atoms with van der Waals surface area (Å²) >= 11 is 0. The number of halogens is 1. The van der Waals surface area contributed by atoms with E-state index in [0.29, 0.717) is 25.2 Å². The number of hydrogen-bond acceptors (Lipinski definition) is 3. The van der Waals surface area contributed by atoms with Crippen LogP contribution in [0.5, 0.6) is 0 Å². The highest BCUT2D eigenvalue weighted by Gasteiger charge is 2.35. The summed E-state index contributed by atoms with van der Waals surface area (Å²) in [6.45, 7) is 1.69. The van der Waals surface area contributed by atoms with Gasteiger partial charge in [-0.1, -0.05) is 18.2 Å². The molecule has 0 N–H and O–H groups in total. The number of likely N-dealkylation sites (N-methyl/N-ethyl adjacent to an activating group) is 2. The Morgan fingerprint density at radius 3 is 2.59 bits per heavy atom. The van der Waals surface area contributed by atoms with E-state index >= 15 is 0 Å². The molecular formula is C16H22FN3O2. The van der Waals surface area contributed by atoms with Crippen molar-refractivity contribution >= 4 is 11.8 Å². The second kappa shape index (κ2) is 6.87. The molecule has 1 saturated heterocycles. The van der Waals surface area contributed by atoms with Crippen molar-refractivity contribution in [2.75, 3.05) is 40.8 Å². The SMILES string of the molecule is CN1CCN(C(=O)Cc2ccccc2F)[C@H](C(=O)N(C)C)C1. The molecule has 120 valence electrons. The Kier molecular flexibility index (Phi) is 5.13. The number of nitrogens with zero attached hydrogens (tertiary/aromatic N) is 3. The van der Waals surface area contributed by atoms with Gasteiger partial charge in [0, 0.05) is 33.7 Å². The molecule has 0 bridgehead atoms. The van der Waals surface area contributed by atoms with Crippen LogP contribution < -0.4 is 0 Å². The Hall–Kier alpha value is -1.95. The van der Waals surface area contributed by atoms with E-state index in [0.717, 1.165) is 0 Å². The Balaban J connectivity index is 2.15. The first-order chi connectivity index (χ1) is 10.4. The first-order valence-electron chi connectivity index (χ1n) is 7.32. The molecule has 0 saturated carbocycles. The lowest BCUT2D eigenvalue weighted by atomic mass is 10.1. The van der Waals surface area contributed by atoms with Gasteiger partial charge >= 0.3 is 0 Å². The predicted octanol–water partition coefficient (Wildman–Crippen LogP) is 0.599. The van der Waals surface area contributed by atoms with Crippen LogP contribution in [-0.2, 0) is 16.0 Å². The number of hydrogen-bond donors (Lipinski definition) is 0. The fourth-order valence-corrected chi connectivity index (χ4v) is 2.63. The molecule has 0 aliphatic carbocycles. The molecule has 1 aromatic carbocycles. The zero-order valence-corrected chi connectivity index (χ0v) is 13.3. The molecule has 22 heavy (non-hydrogen) atoms. The van der Waals surface area contributed by atoms with Crippen molar-refractivity contribution in [1.29, 1.82) is 0 Å². The van der Waals surface area contributed by atoms with Crippen LogP contribution in [0.2, 0.25) is 0 Å².